The monoisotopic (exact) mass is 311 g/mol. The molecule has 0 spiro atoms. The first-order valence-corrected chi connectivity index (χ1v) is 6.62. The Morgan fingerprint density at radius 3 is 2.74 bits per heavy atom. The number of aryl methyl sites for hydroxylation is 1. The number of hydrogen-bond acceptors (Lipinski definition) is 5. The van der Waals surface area contributed by atoms with E-state index in [1.54, 1.807) is 36.0 Å². The highest BCUT2D eigenvalue weighted by Gasteiger charge is 2.26. The average molecular weight is 311 g/mol. The maximum absolute atomic E-state index is 12.1. The van der Waals surface area contributed by atoms with Gasteiger partial charge in [-0.25, -0.2) is 4.79 Å². The number of nitrogens with zero attached hydrogens (tertiary/aromatic N) is 2. The molecule has 2 heterocycles. The van der Waals surface area contributed by atoms with Gasteiger partial charge in [0, 0.05) is 12.4 Å². The molecule has 0 aliphatic rings. The number of rotatable bonds is 5. The topological polar surface area (TPSA) is 97.3 Å². The highest BCUT2D eigenvalue weighted by molar-refractivity contribution is 5.95. The number of ether oxygens (including phenoxy) is 1. The predicted molar refractivity (Wildman–Crippen MR) is 79.6 cm³/mol. The van der Waals surface area contributed by atoms with Crippen molar-refractivity contribution in [1.82, 2.24) is 9.88 Å². The van der Waals surface area contributed by atoms with Crippen LogP contribution < -0.4 is 5.32 Å². The second-order valence-electron chi connectivity index (χ2n) is 4.47. The zero-order chi connectivity index (χ0) is 16.8. The summed E-state index contributed by atoms with van der Waals surface area (Å²) in [5, 5.41) is 11.7. The van der Waals surface area contributed by atoms with Crippen LogP contribution in [0.25, 0.3) is 5.88 Å². The fourth-order valence-electron chi connectivity index (χ4n) is 1.94. The van der Waals surface area contributed by atoms with Gasteiger partial charge in [-0.05, 0) is 19.1 Å². The Morgan fingerprint density at radius 1 is 1.43 bits per heavy atom. The number of carbonyl (C=O) groups is 2. The van der Waals surface area contributed by atoms with Crippen molar-refractivity contribution in [3.05, 3.63) is 41.4 Å². The standard InChI is InChI=1S/C16H13N3O4/c1-3-6-18-13(20)10-22-16(21)14-11(2)23-15(12(14)9-17)19-7-4-5-8-19/h1,4-5,7-8H,6,10H2,2H3,(H,18,20). The number of nitrogens with one attached hydrogen (secondary N) is 1. The van der Waals surface area contributed by atoms with Crippen LogP contribution in [0, 0.1) is 30.6 Å². The Morgan fingerprint density at radius 2 is 2.13 bits per heavy atom. The average Bonchev–Trinajstić information content (AvgIpc) is 3.17. The van der Waals surface area contributed by atoms with Crippen molar-refractivity contribution < 1.29 is 18.7 Å². The molecule has 2 aromatic heterocycles. The van der Waals surface area contributed by atoms with E-state index in [4.69, 9.17) is 15.6 Å². The molecule has 7 heteroatoms. The Hall–Kier alpha value is -3.45. The minimum absolute atomic E-state index is 0.000879. The summed E-state index contributed by atoms with van der Waals surface area (Å²) in [6, 6.07) is 5.45. The second-order valence-corrected chi connectivity index (χ2v) is 4.47. The quantitative estimate of drug-likeness (QED) is 0.660. The molecule has 0 fully saturated rings. The molecule has 0 atom stereocenters. The van der Waals surface area contributed by atoms with Gasteiger partial charge in [0.2, 0.25) is 5.88 Å². The molecule has 1 N–H and O–H groups in total. The fraction of sp³-hybridized carbons (Fsp3) is 0.188. The van der Waals surface area contributed by atoms with Gasteiger partial charge in [-0.2, -0.15) is 5.26 Å². The van der Waals surface area contributed by atoms with Crippen LogP contribution in [0.1, 0.15) is 21.7 Å². The Bertz CT molecular complexity index is 804. The van der Waals surface area contributed by atoms with Gasteiger partial charge in [0.1, 0.15) is 23.0 Å². The third-order valence-corrected chi connectivity index (χ3v) is 2.94. The minimum atomic E-state index is -0.808. The summed E-state index contributed by atoms with van der Waals surface area (Å²) in [4.78, 5) is 23.5. The summed E-state index contributed by atoms with van der Waals surface area (Å²) in [6.45, 7) is 1.10. The molecule has 23 heavy (non-hydrogen) atoms. The molecule has 2 rings (SSSR count). The minimum Gasteiger partial charge on any atom is -0.452 e. The molecule has 0 aliphatic heterocycles. The first-order chi connectivity index (χ1) is 11.1. The van der Waals surface area contributed by atoms with Crippen molar-refractivity contribution in [2.45, 2.75) is 6.92 Å². The molecule has 2 aromatic rings. The van der Waals surface area contributed by atoms with Gasteiger partial charge in [0.15, 0.2) is 6.61 Å². The lowest BCUT2D eigenvalue weighted by atomic mass is 10.1. The summed E-state index contributed by atoms with van der Waals surface area (Å²) in [7, 11) is 0. The van der Waals surface area contributed by atoms with E-state index < -0.39 is 18.5 Å². The van der Waals surface area contributed by atoms with Crippen molar-refractivity contribution >= 4 is 11.9 Å². The van der Waals surface area contributed by atoms with Gasteiger partial charge in [-0.3, -0.25) is 9.36 Å². The van der Waals surface area contributed by atoms with Crippen LogP contribution in [-0.4, -0.2) is 29.6 Å². The maximum atomic E-state index is 12.1. The summed E-state index contributed by atoms with van der Waals surface area (Å²) in [5.74, 6) is 1.35. The number of hydrogen-bond donors (Lipinski definition) is 1. The van der Waals surface area contributed by atoms with Crippen molar-refractivity contribution in [3.63, 3.8) is 0 Å². The maximum Gasteiger partial charge on any atom is 0.343 e. The van der Waals surface area contributed by atoms with E-state index in [-0.39, 0.29) is 29.3 Å². The van der Waals surface area contributed by atoms with Crippen LogP contribution in [0.3, 0.4) is 0 Å². The van der Waals surface area contributed by atoms with Gasteiger partial charge in [-0.1, -0.05) is 5.92 Å². The van der Waals surface area contributed by atoms with Gasteiger partial charge in [0.05, 0.1) is 6.54 Å². The molecule has 7 nitrogen and oxygen atoms in total. The molecule has 1 amide bonds. The fourth-order valence-corrected chi connectivity index (χ4v) is 1.94. The first kappa shape index (κ1) is 15.9. The van der Waals surface area contributed by atoms with E-state index >= 15 is 0 Å². The van der Waals surface area contributed by atoms with E-state index in [0.29, 0.717) is 0 Å². The summed E-state index contributed by atoms with van der Waals surface area (Å²) >= 11 is 0. The number of amides is 1. The normalized spacial score (nSPS) is 9.70. The predicted octanol–water partition coefficient (Wildman–Crippen LogP) is 1.16. The number of esters is 1. The molecular weight excluding hydrogens is 298 g/mol. The van der Waals surface area contributed by atoms with Crippen molar-refractivity contribution in [2.24, 2.45) is 0 Å². The van der Waals surface area contributed by atoms with Crippen LogP contribution in [0.15, 0.2) is 28.9 Å². The molecular formula is C16H13N3O4. The highest BCUT2D eigenvalue weighted by Crippen LogP contribution is 2.26. The number of furan rings is 1. The highest BCUT2D eigenvalue weighted by atomic mass is 16.5. The number of terminal acetylenes is 1. The van der Waals surface area contributed by atoms with Crippen molar-refractivity contribution in [1.29, 1.82) is 5.26 Å². The van der Waals surface area contributed by atoms with Gasteiger partial charge in [-0.15, -0.1) is 6.42 Å². The lowest BCUT2D eigenvalue weighted by Crippen LogP contribution is -2.29. The van der Waals surface area contributed by atoms with Crippen molar-refractivity contribution in [2.75, 3.05) is 13.2 Å². The SMILES string of the molecule is C#CCNC(=O)COC(=O)c1c(C)oc(-n2cccc2)c1C#N. The summed E-state index contributed by atoms with van der Waals surface area (Å²) < 4.78 is 12.0. The Labute approximate surface area is 132 Å². The Balaban J connectivity index is 2.20. The second kappa shape index (κ2) is 7.01. The van der Waals surface area contributed by atoms with Crippen LogP contribution >= 0.6 is 0 Å². The number of carbonyl (C=O) groups excluding carboxylic acids is 2. The van der Waals surface area contributed by atoms with E-state index in [1.165, 1.54) is 0 Å². The van der Waals surface area contributed by atoms with Crippen LogP contribution in [0.4, 0.5) is 0 Å². The van der Waals surface area contributed by atoms with E-state index in [1.807, 2.05) is 6.07 Å². The molecule has 0 aliphatic carbocycles. The number of nitriles is 1. The molecule has 0 saturated heterocycles. The van der Waals surface area contributed by atoms with Gasteiger partial charge >= 0.3 is 5.97 Å². The molecule has 0 saturated carbocycles. The summed E-state index contributed by atoms with van der Waals surface area (Å²) in [6.07, 6.45) is 8.37. The number of aromatic nitrogens is 1. The molecule has 0 radical (unpaired) electrons. The van der Waals surface area contributed by atoms with E-state index in [9.17, 15) is 14.9 Å². The van der Waals surface area contributed by atoms with Gasteiger partial charge in [0.25, 0.3) is 5.91 Å². The lowest BCUT2D eigenvalue weighted by molar-refractivity contribution is -0.123. The molecule has 0 bridgehead atoms. The third kappa shape index (κ3) is 3.42. The summed E-state index contributed by atoms with van der Waals surface area (Å²) in [5.41, 5.74) is 0.0497. The van der Waals surface area contributed by atoms with E-state index in [2.05, 4.69) is 11.2 Å². The third-order valence-electron chi connectivity index (χ3n) is 2.94. The smallest absolute Gasteiger partial charge is 0.343 e. The molecule has 0 unspecified atom stereocenters. The Kier molecular flexibility index (Phi) is 4.85. The largest absolute Gasteiger partial charge is 0.452 e. The zero-order valence-corrected chi connectivity index (χ0v) is 12.3. The van der Waals surface area contributed by atoms with Crippen molar-refractivity contribution in [3.8, 4) is 24.3 Å². The molecule has 0 aromatic carbocycles. The van der Waals surface area contributed by atoms with Crippen LogP contribution in [-0.2, 0) is 9.53 Å². The lowest BCUT2D eigenvalue weighted by Gasteiger charge is -2.04. The van der Waals surface area contributed by atoms with Crippen LogP contribution in [0.2, 0.25) is 0 Å². The van der Waals surface area contributed by atoms with E-state index in [0.717, 1.165) is 0 Å². The molecule has 116 valence electrons. The zero-order valence-electron chi connectivity index (χ0n) is 12.3. The first-order valence-electron chi connectivity index (χ1n) is 6.62. The van der Waals surface area contributed by atoms with Gasteiger partial charge < -0.3 is 14.5 Å². The van der Waals surface area contributed by atoms with Crippen LogP contribution in [0.5, 0.6) is 0 Å².